The molecular weight excluding hydrogens is 436 g/mol. The van der Waals surface area contributed by atoms with E-state index in [0.717, 1.165) is 0 Å². The number of para-hydroxylation sites is 1. The average molecular weight is 458 g/mol. The lowest BCUT2D eigenvalue weighted by Crippen LogP contribution is -2.51. The summed E-state index contributed by atoms with van der Waals surface area (Å²) in [5.74, 6) is -0.313. The van der Waals surface area contributed by atoms with E-state index in [9.17, 15) is 14.4 Å². The summed E-state index contributed by atoms with van der Waals surface area (Å²) in [5, 5.41) is 2.80. The Labute approximate surface area is 195 Å². The lowest BCUT2D eigenvalue weighted by Gasteiger charge is -2.40. The van der Waals surface area contributed by atoms with Gasteiger partial charge in [-0.25, -0.2) is 0 Å². The molecule has 1 atom stereocenters. The number of carbonyl (C=O) groups is 3. The number of methoxy groups -OCH3 is 2. The first-order valence-electron chi connectivity index (χ1n) is 10.7. The van der Waals surface area contributed by atoms with E-state index in [1.54, 1.807) is 54.7 Å². The highest BCUT2D eigenvalue weighted by Crippen LogP contribution is 2.49. The van der Waals surface area contributed by atoms with Gasteiger partial charge in [0.25, 0.3) is 11.8 Å². The topological polar surface area (TPSA) is 101 Å². The van der Waals surface area contributed by atoms with E-state index in [-0.39, 0.29) is 30.8 Å². The fourth-order valence-electron chi connectivity index (χ4n) is 4.49. The Morgan fingerprint density at radius 3 is 2.53 bits per heavy atom. The quantitative estimate of drug-likeness (QED) is 0.609. The zero-order valence-corrected chi connectivity index (χ0v) is 18.6. The van der Waals surface area contributed by atoms with E-state index >= 15 is 0 Å². The number of amides is 3. The zero-order valence-electron chi connectivity index (χ0n) is 18.6. The minimum absolute atomic E-state index is 0.229. The SMILES string of the molecule is COc1ccc2c(c1OC)C(=O)N1c3ccccc3C(=O)N(CC(=O)NCc3ccccn3)C21. The van der Waals surface area contributed by atoms with Gasteiger partial charge in [0, 0.05) is 11.8 Å². The van der Waals surface area contributed by atoms with Crippen molar-refractivity contribution in [1.29, 1.82) is 0 Å². The smallest absolute Gasteiger partial charge is 0.264 e. The fourth-order valence-corrected chi connectivity index (χ4v) is 4.49. The number of hydrogen-bond donors (Lipinski definition) is 1. The summed E-state index contributed by atoms with van der Waals surface area (Å²) >= 11 is 0. The van der Waals surface area contributed by atoms with Crippen molar-refractivity contribution < 1.29 is 23.9 Å². The highest BCUT2D eigenvalue weighted by atomic mass is 16.5. The van der Waals surface area contributed by atoms with Crippen molar-refractivity contribution in [3.63, 3.8) is 0 Å². The summed E-state index contributed by atoms with van der Waals surface area (Å²) in [6.45, 7) is -0.00452. The third kappa shape index (κ3) is 3.33. The number of fused-ring (bicyclic) bond motifs is 5. The largest absolute Gasteiger partial charge is 0.493 e. The van der Waals surface area contributed by atoms with Crippen LogP contribution in [0.5, 0.6) is 11.5 Å². The molecule has 2 aliphatic heterocycles. The molecule has 0 saturated heterocycles. The molecule has 3 amide bonds. The number of aromatic nitrogens is 1. The number of benzene rings is 2. The lowest BCUT2D eigenvalue weighted by molar-refractivity contribution is -0.122. The van der Waals surface area contributed by atoms with Crippen LogP contribution >= 0.6 is 0 Å². The molecule has 0 aliphatic carbocycles. The van der Waals surface area contributed by atoms with E-state index in [0.29, 0.717) is 39.6 Å². The Hall–Kier alpha value is -4.40. The summed E-state index contributed by atoms with van der Waals surface area (Å²) in [6, 6.07) is 15.7. The third-order valence-corrected chi connectivity index (χ3v) is 5.99. The van der Waals surface area contributed by atoms with E-state index in [2.05, 4.69) is 10.3 Å². The van der Waals surface area contributed by atoms with Crippen molar-refractivity contribution in [3.05, 3.63) is 83.2 Å². The number of anilines is 1. The van der Waals surface area contributed by atoms with Gasteiger partial charge in [0.2, 0.25) is 5.91 Å². The molecule has 1 unspecified atom stereocenters. The number of nitrogens with one attached hydrogen (secondary N) is 1. The number of nitrogens with zero attached hydrogens (tertiary/aromatic N) is 3. The van der Waals surface area contributed by atoms with Crippen molar-refractivity contribution in [2.45, 2.75) is 12.7 Å². The second kappa shape index (κ2) is 8.51. The molecule has 1 N–H and O–H groups in total. The highest BCUT2D eigenvalue weighted by Gasteiger charge is 2.50. The Morgan fingerprint density at radius 1 is 1.00 bits per heavy atom. The number of pyridine rings is 1. The fraction of sp³-hybridized carbons (Fsp3) is 0.200. The van der Waals surface area contributed by atoms with Crippen LogP contribution in [-0.2, 0) is 11.3 Å². The molecule has 9 nitrogen and oxygen atoms in total. The number of carbonyl (C=O) groups excluding carboxylic acids is 3. The van der Waals surface area contributed by atoms with Gasteiger partial charge >= 0.3 is 0 Å². The van der Waals surface area contributed by atoms with Crippen molar-refractivity contribution in [2.24, 2.45) is 0 Å². The van der Waals surface area contributed by atoms with E-state index in [1.807, 2.05) is 6.07 Å². The molecule has 0 saturated carbocycles. The maximum Gasteiger partial charge on any atom is 0.264 e. The van der Waals surface area contributed by atoms with Gasteiger partial charge in [0.15, 0.2) is 11.5 Å². The molecule has 0 bridgehead atoms. The molecular formula is C25H22N4O5. The molecule has 2 aliphatic rings. The third-order valence-electron chi connectivity index (χ3n) is 5.99. The lowest BCUT2D eigenvalue weighted by atomic mass is 10.0. The van der Waals surface area contributed by atoms with Crippen LogP contribution < -0.4 is 19.7 Å². The molecule has 5 rings (SSSR count). The van der Waals surface area contributed by atoms with Gasteiger partial charge in [-0.2, -0.15) is 0 Å². The minimum atomic E-state index is -0.787. The van der Waals surface area contributed by atoms with Crippen molar-refractivity contribution in [3.8, 4) is 11.5 Å². The number of rotatable bonds is 6. The molecule has 0 radical (unpaired) electrons. The molecule has 9 heteroatoms. The van der Waals surface area contributed by atoms with E-state index < -0.39 is 6.17 Å². The molecule has 3 heterocycles. The summed E-state index contributed by atoms with van der Waals surface area (Å²) in [7, 11) is 2.96. The Morgan fingerprint density at radius 2 is 1.79 bits per heavy atom. The van der Waals surface area contributed by atoms with Gasteiger partial charge in [0.1, 0.15) is 12.7 Å². The van der Waals surface area contributed by atoms with Gasteiger partial charge in [0.05, 0.1) is 43.3 Å². The van der Waals surface area contributed by atoms with Crippen LogP contribution in [-0.4, -0.2) is 48.4 Å². The first kappa shape index (κ1) is 21.4. The summed E-state index contributed by atoms with van der Waals surface area (Å²) in [5.41, 5.74) is 2.43. The standard InChI is InChI=1S/C25H22N4O5/c1-33-19-11-10-17-21(22(19)34-2)25(32)29-18-9-4-3-8-16(18)24(31)28(23(17)29)14-20(30)27-13-15-7-5-6-12-26-15/h3-12,23H,13-14H2,1-2H3,(H,27,30). The Kier molecular flexibility index (Phi) is 5.37. The molecule has 34 heavy (non-hydrogen) atoms. The zero-order chi connectivity index (χ0) is 23.8. The van der Waals surface area contributed by atoms with Crippen LogP contribution in [0, 0.1) is 0 Å². The summed E-state index contributed by atoms with van der Waals surface area (Å²) in [6.07, 6.45) is 0.859. The molecule has 0 fully saturated rings. The van der Waals surface area contributed by atoms with Crippen LogP contribution in [0.4, 0.5) is 5.69 Å². The van der Waals surface area contributed by atoms with E-state index in [4.69, 9.17) is 9.47 Å². The van der Waals surface area contributed by atoms with Gasteiger partial charge in [-0.05, 0) is 30.3 Å². The van der Waals surface area contributed by atoms with Gasteiger partial charge in [-0.1, -0.05) is 24.3 Å². The normalized spacial score (nSPS) is 16.0. The van der Waals surface area contributed by atoms with Crippen molar-refractivity contribution >= 4 is 23.4 Å². The molecule has 2 aromatic carbocycles. The maximum absolute atomic E-state index is 13.6. The van der Waals surface area contributed by atoms with Gasteiger partial charge in [-0.15, -0.1) is 0 Å². The van der Waals surface area contributed by atoms with Gasteiger partial charge < -0.3 is 19.7 Å². The minimum Gasteiger partial charge on any atom is -0.493 e. The first-order valence-corrected chi connectivity index (χ1v) is 10.7. The second-order valence-corrected chi connectivity index (χ2v) is 7.86. The van der Waals surface area contributed by atoms with Crippen LogP contribution in [0.15, 0.2) is 60.8 Å². The number of ether oxygens (including phenoxy) is 2. The van der Waals surface area contributed by atoms with Crippen LogP contribution in [0.1, 0.15) is 38.1 Å². The molecule has 3 aromatic rings. The Balaban J connectivity index is 1.54. The van der Waals surface area contributed by atoms with Crippen LogP contribution in [0.25, 0.3) is 0 Å². The van der Waals surface area contributed by atoms with Crippen LogP contribution in [0.2, 0.25) is 0 Å². The first-order chi connectivity index (χ1) is 16.5. The molecule has 1 aromatic heterocycles. The predicted molar refractivity (Wildman–Crippen MR) is 123 cm³/mol. The summed E-state index contributed by atoms with van der Waals surface area (Å²) in [4.78, 5) is 47.1. The maximum atomic E-state index is 13.6. The highest BCUT2D eigenvalue weighted by molar-refractivity contribution is 6.18. The van der Waals surface area contributed by atoms with Crippen LogP contribution in [0.3, 0.4) is 0 Å². The Bertz CT molecular complexity index is 1290. The number of hydrogen-bond acceptors (Lipinski definition) is 6. The predicted octanol–water partition coefficient (Wildman–Crippen LogP) is 2.53. The second-order valence-electron chi connectivity index (χ2n) is 7.86. The average Bonchev–Trinajstić information content (AvgIpc) is 3.17. The monoisotopic (exact) mass is 458 g/mol. The summed E-state index contributed by atoms with van der Waals surface area (Å²) < 4.78 is 10.9. The van der Waals surface area contributed by atoms with Crippen molar-refractivity contribution in [2.75, 3.05) is 25.7 Å². The van der Waals surface area contributed by atoms with Crippen molar-refractivity contribution in [1.82, 2.24) is 15.2 Å². The molecule has 172 valence electrons. The molecule has 0 spiro atoms. The van der Waals surface area contributed by atoms with Gasteiger partial charge in [-0.3, -0.25) is 24.3 Å². The van der Waals surface area contributed by atoms with E-state index in [1.165, 1.54) is 24.0 Å².